The van der Waals surface area contributed by atoms with E-state index in [9.17, 15) is 0 Å². The first kappa shape index (κ1) is 26.1. The van der Waals surface area contributed by atoms with Crippen molar-refractivity contribution in [3.05, 3.63) is 35.4 Å². The molecule has 3 saturated carbocycles. The molecule has 4 rings (SSSR count). The predicted octanol–water partition coefficient (Wildman–Crippen LogP) is 7.22. The highest BCUT2D eigenvalue weighted by Gasteiger charge is 2.52. The standard InChI is InChI=1S/C13H20.C10H18.2H2O2/c1-10(2)11-6-8-12(9-7-11)13(3,4)5;1-7-4-5-8-6-9(7)10(8,2)3;2*1-2/h6-10H,1-5H3;7-9H,4-6H2,1-3H3;2*1-2H. The zero-order chi connectivity index (χ0) is 21.4. The molecule has 0 heterocycles. The maximum absolute atomic E-state index is 6.00. The van der Waals surface area contributed by atoms with Gasteiger partial charge >= 0.3 is 0 Å². The van der Waals surface area contributed by atoms with Gasteiger partial charge in [0.15, 0.2) is 0 Å². The first-order valence-electron chi connectivity index (χ1n) is 10.0. The Kier molecular flexibility index (Phi) is 10.8. The average Bonchev–Trinajstić information content (AvgIpc) is 2.64. The number of hydrogen-bond donors (Lipinski definition) is 4. The molecule has 0 amide bonds. The minimum absolute atomic E-state index is 0.273. The summed E-state index contributed by atoms with van der Waals surface area (Å²) in [5.74, 6) is 3.79. The van der Waals surface area contributed by atoms with Crippen molar-refractivity contribution in [1.29, 1.82) is 0 Å². The second-order valence-corrected chi connectivity index (χ2v) is 9.94. The van der Waals surface area contributed by atoms with Crippen molar-refractivity contribution in [3.8, 4) is 0 Å². The fraction of sp³-hybridized carbons (Fsp3) is 0.739. The molecule has 3 atom stereocenters. The van der Waals surface area contributed by atoms with E-state index in [1.807, 2.05) is 0 Å². The van der Waals surface area contributed by atoms with E-state index in [0.717, 1.165) is 17.8 Å². The fourth-order valence-electron chi connectivity index (χ4n) is 4.55. The lowest BCUT2D eigenvalue weighted by Crippen LogP contribution is -2.51. The van der Waals surface area contributed by atoms with Gasteiger partial charge in [0.05, 0.1) is 0 Å². The highest BCUT2D eigenvalue weighted by Crippen LogP contribution is 2.61. The number of fused-ring (bicyclic) bond motifs is 2. The van der Waals surface area contributed by atoms with Crippen LogP contribution in [0.4, 0.5) is 0 Å². The van der Waals surface area contributed by atoms with Crippen LogP contribution in [0, 0.1) is 23.2 Å². The van der Waals surface area contributed by atoms with Gasteiger partial charge in [-0.2, -0.15) is 0 Å². The molecular weight excluding hydrogens is 340 g/mol. The molecule has 3 aliphatic rings. The Morgan fingerprint density at radius 2 is 1.41 bits per heavy atom. The molecule has 158 valence electrons. The smallest absolute Gasteiger partial charge is 0.0132 e. The topological polar surface area (TPSA) is 80.9 Å². The third kappa shape index (κ3) is 6.86. The number of benzene rings is 1. The van der Waals surface area contributed by atoms with Gasteiger partial charge in [-0.15, -0.1) is 0 Å². The Balaban J connectivity index is 0.000000430. The Labute approximate surface area is 166 Å². The van der Waals surface area contributed by atoms with Gasteiger partial charge in [0.1, 0.15) is 0 Å². The molecule has 0 radical (unpaired) electrons. The van der Waals surface area contributed by atoms with E-state index in [1.165, 1.54) is 30.4 Å². The maximum atomic E-state index is 6.00. The molecule has 0 aliphatic heterocycles. The molecule has 3 fully saturated rings. The zero-order valence-electron chi connectivity index (χ0n) is 18.5. The second-order valence-electron chi connectivity index (χ2n) is 9.94. The van der Waals surface area contributed by atoms with Gasteiger partial charge in [0.2, 0.25) is 0 Å². The van der Waals surface area contributed by atoms with Crippen molar-refractivity contribution in [3.63, 3.8) is 0 Å². The summed E-state index contributed by atoms with van der Waals surface area (Å²) in [7, 11) is 0. The van der Waals surface area contributed by atoms with E-state index in [0.29, 0.717) is 11.3 Å². The molecule has 2 bridgehead atoms. The summed E-state index contributed by atoms with van der Waals surface area (Å²) >= 11 is 0. The van der Waals surface area contributed by atoms with Crippen LogP contribution in [0.2, 0.25) is 0 Å². The normalized spacial score (nSPS) is 24.9. The van der Waals surface area contributed by atoms with Crippen molar-refractivity contribution in [1.82, 2.24) is 0 Å². The Morgan fingerprint density at radius 3 is 1.67 bits per heavy atom. The van der Waals surface area contributed by atoms with E-state index in [-0.39, 0.29) is 5.41 Å². The van der Waals surface area contributed by atoms with Gasteiger partial charge in [-0.25, -0.2) is 0 Å². The highest BCUT2D eigenvalue weighted by molar-refractivity contribution is 5.28. The molecule has 0 aromatic heterocycles. The van der Waals surface area contributed by atoms with Gasteiger partial charge in [0, 0.05) is 0 Å². The number of hydrogen-bond acceptors (Lipinski definition) is 4. The first-order valence-corrected chi connectivity index (χ1v) is 10.0. The van der Waals surface area contributed by atoms with Gasteiger partial charge < -0.3 is 0 Å². The lowest BCUT2D eigenvalue weighted by Gasteiger charge is -2.59. The molecule has 1 aromatic carbocycles. The highest BCUT2D eigenvalue weighted by atomic mass is 17.0. The van der Waals surface area contributed by atoms with Gasteiger partial charge in [-0.1, -0.05) is 86.1 Å². The average molecular weight is 383 g/mol. The monoisotopic (exact) mass is 382 g/mol. The van der Waals surface area contributed by atoms with Crippen molar-refractivity contribution in [2.45, 2.75) is 86.0 Å². The first-order chi connectivity index (χ1) is 12.5. The van der Waals surface area contributed by atoms with Gasteiger partial charge in [-0.3, -0.25) is 21.0 Å². The van der Waals surface area contributed by atoms with E-state index >= 15 is 0 Å². The van der Waals surface area contributed by atoms with Crippen molar-refractivity contribution < 1.29 is 21.0 Å². The van der Waals surface area contributed by atoms with Crippen molar-refractivity contribution >= 4 is 0 Å². The van der Waals surface area contributed by atoms with Crippen LogP contribution < -0.4 is 0 Å². The summed E-state index contributed by atoms with van der Waals surface area (Å²) in [6.07, 6.45) is 4.54. The second kappa shape index (κ2) is 11.2. The van der Waals surface area contributed by atoms with E-state index in [4.69, 9.17) is 21.0 Å². The molecule has 4 heteroatoms. The van der Waals surface area contributed by atoms with E-state index in [1.54, 1.807) is 0 Å². The van der Waals surface area contributed by atoms with Crippen LogP contribution in [0.3, 0.4) is 0 Å². The summed E-state index contributed by atoms with van der Waals surface area (Å²) < 4.78 is 0. The quantitative estimate of drug-likeness (QED) is 0.305. The van der Waals surface area contributed by atoms with Crippen LogP contribution >= 0.6 is 0 Å². The summed E-state index contributed by atoms with van der Waals surface area (Å²) in [5.41, 5.74) is 3.82. The van der Waals surface area contributed by atoms with Crippen molar-refractivity contribution in [2.24, 2.45) is 23.2 Å². The van der Waals surface area contributed by atoms with Crippen LogP contribution in [0.15, 0.2) is 24.3 Å². The Morgan fingerprint density at radius 1 is 0.926 bits per heavy atom. The third-order valence-electron chi connectivity index (χ3n) is 6.65. The van der Waals surface area contributed by atoms with E-state index in [2.05, 4.69) is 79.7 Å². The minimum Gasteiger partial charge on any atom is -0.255 e. The molecular formula is C23H42O4. The van der Waals surface area contributed by atoms with Gasteiger partial charge in [-0.05, 0) is 58.5 Å². The summed E-state index contributed by atoms with van der Waals surface area (Å²) in [4.78, 5) is 0. The molecule has 4 N–H and O–H groups in total. The Hall–Kier alpha value is -0.940. The predicted molar refractivity (Wildman–Crippen MR) is 114 cm³/mol. The Bertz CT molecular complexity index is 512. The lowest BCUT2D eigenvalue weighted by atomic mass is 9.46. The SMILES string of the molecule is CC(C)c1ccc(C(C)(C)C)cc1.CC1CCC2CC1C2(C)C.OO.OO. The maximum Gasteiger partial charge on any atom is -0.0132 e. The summed E-state index contributed by atoms with van der Waals surface area (Å²) in [6, 6.07) is 8.97. The largest absolute Gasteiger partial charge is 0.255 e. The van der Waals surface area contributed by atoms with Crippen LogP contribution in [0.25, 0.3) is 0 Å². The molecule has 0 spiro atoms. The summed E-state index contributed by atoms with van der Waals surface area (Å²) in [6.45, 7) is 18.6. The summed E-state index contributed by atoms with van der Waals surface area (Å²) in [5, 5.41) is 24.0. The van der Waals surface area contributed by atoms with E-state index < -0.39 is 0 Å². The van der Waals surface area contributed by atoms with Crippen LogP contribution in [0.1, 0.15) is 91.7 Å². The van der Waals surface area contributed by atoms with Crippen LogP contribution in [-0.4, -0.2) is 21.0 Å². The molecule has 3 unspecified atom stereocenters. The van der Waals surface area contributed by atoms with Gasteiger partial charge in [0.25, 0.3) is 0 Å². The number of rotatable bonds is 1. The zero-order valence-corrected chi connectivity index (χ0v) is 18.5. The fourth-order valence-corrected chi connectivity index (χ4v) is 4.55. The molecule has 1 aromatic rings. The minimum atomic E-state index is 0.273. The molecule has 27 heavy (non-hydrogen) atoms. The third-order valence-corrected chi connectivity index (χ3v) is 6.65. The van der Waals surface area contributed by atoms with Crippen molar-refractivity contribution in [2.75, 3.05) is 0 Å². The van der Waals surface area contributed by atoms with Crippen LogP contribution in [0.5, 0.6) is 0 Å². The molecule has 4 nitrogen and oxygen atoms in total. The molecule has 0 saturated heterocycles. The van der Waals surface area contributed by atoms with Crippen LogP contribution in [-0.2, 0) is 5.41 Å². The lowest BCUT2D eigenvalue weighted by molar-refractivity contribution is -0.176. The molecule has 3 aliphatic carbocycles.